The lowest BCUT2D eigenvalue weighted by Crippen LogP contribution is -2.25. The van der Waals surface area contributed by atoms with E-state index in [4.69, 9.17) is 14.3 Å². The molecule has 2 aliphatic rings. The molecule has 0 bridgehead atoms. The van der Waals surface area contributed by atoms with Crippen molar-refractivity contribution in [1.82, 2.24) is 10.8 Å². The van der Waals surface area contributed by atoms with E-state index in [1.807, 2.05) is 37.4 Å². The van der Waals surface area contributed by atoms with E-state index in [0.29, 0.717) is 6.61 Å². The highest BCUT2D eigenvalue weighted by Gasteiger charge is 2.58. The van der Waals surface area contributed by atoms with Gasteiger partial charge < -0.3 is 14.8 Å². The van der Waals surface area contributed by atoms with Gasteiger partial charge in [0.05, 0.1) is 19.4 Å². The Bertz CT molecular complexity index is 816. The predicted octanol–water partition coefficient (Wildman–Crippen LogP) is 3.23. The second-order valence-corrected chi connectivity index (χ2v) is 6.59. The van der Waals surface area contributed by atoms with Gasteiger partial charge in [0.1, 0.15) is 11.5 Å². The fraction of sp³-hybridized carbons (Fsp3) is 0.333. The molecule has 0 radical (unpaired) electrons. The molecular weight excluding hydrogens is 328 g/mol. The fourth-order valence-electron chi connectivity index (χ4n) is 3.46. The lowest BCUT2D eigenvalue weighted by Gasteiger charge is -2.26. The number of hydrogen-bond acceptors (Lipinski definition) is 5. The van der Waals surface area contributed by atoms with Gasteiger partial charge in [-0.3, -0.25) is 10.3 Å². The second kappa shape index (κ2) is 7.02. The minimum Gasteiger partial charge on any atom is -0.497 e. The van der Waals surface area contributed by atoms with E-state index in [9.17, 15) is 0 Å². The number of hydroxylamine groups is 1. The third kappa shape index (κ3) is 2.93. The summed E-state index contributed by atoms with van der Waals surface area (Å²) in [5.74, 6) is 1.73. The normalized spacial score (nSPS) is 20.1. The first-order chi connectivity index (χ1) is 12.8. The molecule has 4 rings (SSSR count). The van der Waals surface area contributed by atoms with E-state index in [1.54, 1.807) is 7.11 Å². The molecular formula is C21H24N2O3. The molecule has 2 N–H and O–H groups in total. The summed E-state index contributed by atoms with van der Waals surface area (Å²) < 4.78 is 11.7. The maximum absolute atomic E-state index is 6.42. The molecule has 1 unspecified atom stereocenters. The van der Waals surface area contributed by atoms with Crippen LogP contribution in [0.15, 0.2) is 54.1 Å². The van der Waals surface area contributed by atoms with Crippen molar-refractivity contribution in [1.29, 1.82) is 0 Å². The largest absolute Gasteiger partial charge is 0.497 e. The van der Waals surface area contributed by atoms with E-state index < -0.39 is 5.60 Å². The summed E-state index contributed by atoms with van der Waals surface area (Å²) in [6.07, 6.45) is 1.81. The molecule has 0 saturated heterocycles. The van der Waals surface area contributed by atoms with Crippen LogP contribution in [0.4, 0.5) is 0 Å². The molecule has 2 aromatic rings. The Kier molecular flexibility index (Phi) is 4.57. The topological polar surface area (TPSA) is 51.8 Å². The summed E-state index contributed by atoms with van der Waals surface area (Å²) in [6, 6.07) is 16.2. The van der Waals surface area contributed by atoms with Crippen molar-refractivity contribution in [3.8, 4) is 11.5 Å². The summed E-state index contributed by atoms with van der Waals surface area (Å²) in [6.45, 7) is 1.58. The molecule has 1 aliphatic carbocycles. The average molecular weight is 352 g/mol. The van der Waals surface area contributed by atoms with Crippen LogP contribution in [-0.4, -0.2) is 27.3 Å². The van der Waals surface area contributed by atoms with Crippen molar-refractivity contribution in [2.75, 3.05) is 27.3 Å². The molecule has 1 saturated carbocycles. The number of benzene rings is 2. The number of rotatable bonds is 8. The van der Waals surface area contributed by atoms with Crippen LogP contribution in [0, 0.1) is 0 Å². The zero-order chi connectivity index (χ0) is 18.0. The zero-order valence-corrected chi connectivity index (χ0v) is 15.2. The average Bonchev–Trinajstić information content (AvgIpc) is 3.42. The van der Waals surface area contributed by atoms with Crippen molar-refractivity contribution < 1.29 is 14.3 Å². The monoisotopic (exact) mass is 352 g/mol. The van der Waals surface area contributed by atoms with Gasteiger partial charge in [0.2, 0.25) is 0 Å². The highest BCUT2D eigenvalue weighted by molar-refractivity contribution is 5.80. The summed E-state index contributed by atoms with van der Waals surface area (Å²) in [7, 11) is 3.62. The van der Waals surface area contributed by atoms with Crippen LogP contribution in [0.3, 0.4) is 0 Å². The zero-order valence-electron chi connectivity index (χ0n) is 15.2. The maximum Gasteiger partial charge on any atom is 0.162 e. The number of fused-ring (bicyclic) bond motifs is 2. The van der Waals surface area contributed by atoms with E-state index in [2.05, 4.69) is 29.0 Å². The molecule has 2 aromatic carbocycles. The Labute approximate surface area is 153 Å². The molecule has 1 fully saturated rings. The first kappa shape index (κ1) is 16.9. The molecule has 1 atom stereocenters. The molecule has 1 heterocycles. The highest BCUT2D eigenvalue weighted by atomic mass is 16.6. The van der Waals surface area contributed by atoms with Crippen LogP contribution in [0.2, 0.25) is 0 Å². The lowest BCUT2D eigenvalue weighted by molar-refractivity contribution is 0.0748. The Morgan fingerprint density at radius 1 is 1.12 bits per heavy atom. The van der Waals surface area contributed by atoms with Gasteiger partial charge in [-0.25, -0.2) is 0 Å². The Hall–Kier alpha value is -2.50. The Morgan fingerprint density at radius 2 is 1.92 bits per heavy atom. The van der Waals surface area contributed by atoms with E-state index in [1.165, 1.54) is 5.57 Å². The summed E-state index contributed by atoms with van der Waals surface area (Å²) in [5, 5.41) is 3.13. The van der Waals surface area contributed by atoms with Gasteiger partial charge >= 0.3 is 0 Å². The van der Waals surface area contributed by atoms with Crippen molar-refractivity contribution in [3.05, 3.63) is 65.2 Å². The first-order valence-electron chi connectivity index (χ1n) is 8.97. The number of ether oxygens (including phenoxy) is 2. The SMILES string of the molecule is CNCCCONC1=C2CC2(c2ccc(OC)cc2)Oc2ccccc21. The molecule has 26 heavy (non-hydrogen) atoms. The van der Waals surface area contributed by atoms with Crippen LogP contribution < -0.4 is 20.3 Å². The van der Waals surface area contributed by atoms with Crippen LogP contribution in [0.5, 0.6) is 11.5 Å². The van der Waals surface area contributed by atoms with Gasteiger partial charge in [-0.05, 0) is 44.3 Å². The number of methoxy groups -OCH3 is 1. The van der Waals surface area contributed by atoms with Crippen LogP contribution >= 0.6 is 0 Å². The number of nitrogens with one attached hydrogen (secondary N) is 2. The minimum absolute atomic E-state index is 0.392. The van der Waals surface area contributed by atoms with Gasteiger partial charge in [-0.1, -0.05) is 24.3 Å². The lowest BCUT2D eigenvalue weighted by atomic mass is 10.0. The van der Waals surface area contributed by atoms with Crippen LogP contribution in [0.25, 0.3) is 5.70 Å². The standard InChI is InChI=1S/C21H24N2O3/c1-22-12-5-13-25-23-20-17-6-3-4-7-19(17)26-21(14-18(20)21)15-8-10-16(24-2)11-9-15/h3-4,6-11,22-23H,5,12-14H2,1-2H3. The Morgan fingerprint density at radius 3 is 2.69 bits per heavy atom. The highest BCUT2D eigenvalue weighted by Crippen LogP contribution is 2.61. The maximum atomic E-state index is 6.42. The molecule has 136 valence electrons. The van der Waals surface area contributed by atoms with Crippen LogP contribution in [0.1, 0.15) is 24.0 Å². The van der Waals surface area contributed by atoms with Gasteiger partial charge in [0.15, 0.2) is 5.60 Å². The Balaban J connectivity index is 1.61. The van der Waals surface area contributed by atoms with Gasteiger partial charge in [-0.2, -0.15) is 0 Å². The quantitative estimate of drug-likeness (QED) is 0.564. The van der Waals surface area contributed by atoms with Gasteiger partial charge in [0.25, 0.3) is 0 Å². The molecule has 0 aromatic heterocycles. The third-order valence-corrected chi connectivity index (χ3v) is 4.93. The third-order valence-electron chi connectivity index (χ3n) is 4.93. The first-order valence-corrected chi connectivity index (χ1v) is 8.97. The predicted molar refractivity (Wildman–Crippen MR) is 101 cm³/mol. The smallest absolute Gasteiger partial charge is 0.162 e. The fourth-order valence-corrected chi connectivity index (χ4v) is 3.46. The molecule has 0 amide bonds. The number of para-hydroxylation sites is 1. The minimum atomic E-state index is -0.392. The van der Waals surface area contributed by atoms with Crippen molar-refractivity contribution in [2.45, 2.75) is 18.4 Å². The molecule has 5 heteroatoms. The second-order valence-electron chi connectivity index (χ2n) is 6.59. The summed E-state index contributed by atoms with van der Waals surface area (Å²) >= 11 is 0. The van der Waals surface area contributed by atoms with E-state index in [-0.39, 0.29) is 0 Å². The van der Waals surface area contributed by atoms with E-state index in [0.717, 1.165) is 47.7 Å². The van der Waals surface area contributed by atoms with Crippen molar-refractivity contribution >= 4 is 5.70 Å². The summed E-state index contributed by atoms with van der Waals surface area (Å²) in [5.41, 5.74) is 7.26. The van der Waals surface area contributed by atoms with Crippen molar-refractivity contribution in [2.24, 2.45) is 0 Å². The van der Waals surface area contributed by atoms with Gasteiger partial charge in [0, 0.05) is 23.1 Å². The van der Waals surface area contributed by atoms with Crippen molar-refractivity contribution in [3.63, 3.8) is 0 Å². The molecule has 0 spiro atoms. The number of hydrogen-bond donors (Lipinski definition) is 2. The van der Waals surface area contributed by atoms with Crippen LogP contribution in [-0.2, 0) is 10.4 Å². The molecule has 1 aliphatic heterocycles. The van der Waals surface area contributed by atoms with E-state index >= 15 is 0 Å². The summed E-state index contributed by atoms with van der Waals surface area (Å²) in [4.78, 5) is 5.72. The van der Waals surface area contributed by atoms with Gasteiger partial charge in [-0.15, -0.1) is 0 Å². The molecule has 5 nitrogen and oxygen atoms in total.